The average Bonchev–Trinajstić information content (AvgIpc) is 2.59. The van der Waals surface area contributed by atoms with Crippen LogP contribution in [0.2, 0.25) is 0 Å². The van der Waals surface area contributed by atoms with Crippen molar-refractivity contribution < 1.29 is 37.4 Å². The Kier molecular flexibility index (Phi) is 8.97. The van der Waals surface area contributed by atoms with Crippen molar-refractivity contribution in [2.24, 2.45) is 5.92 Å². The predicted molar refractivity (Wildman–Crippen MR) is 90.9 cm³/mol. The van der Waals surface area contributed by atoms with Crippen LogP contribution in [0.15, 0.2) is 18.2 Å². The van der Waals surface area contributed by atoms with E-state index in [1.807, 2.05) is 19.2 Å². The molecule has 0 spiro atoms. The molecule has 0 aliphatic heterocycles. The SMILES string of the molecule is COc1cc(C(=O)OCC(=O)NC(=O)NCCC(C)C)ccc1OC(F)F. The van der Waals surface area contributed by atoms with E-state index in [2.05, 4.69) is 10.1 Å². The van der Waals surface area contributed by atoms with Crippen LogP contribution < -0.4 is 20.1 Å². The van der Waals surface area contributed by atoms with Gasteiger partial charge in [-0.3, -0.25) is 10.1 Å². The maximum atomic E-state index is 12.3. The third kappa shape index (κ3) is 8.34. The Morgan fingerprint density at radius 2 is 1.85 bits per heavy atom. The van der Waals surface area contributed by atoms with Crippen molar-refractivity contribution in [1.82, 2.24) is 10.6 Å². The Labute approximate surface area is 155 Å². The lowest BCUT2D eigenvalue weighted by Crippen LogP contribution is -2.41. The van der Waals surface area contributed by atoms with Gasteiger partial charge in [-0.25, -0.2) is 9.59 Å². The van der Waals surface area contributed by atoms with E-state index in [9.17, 15) is 23.2 Å². The van der Waals surface area contributed by atoms with Gasteiger partial charge in [0, 0.05) is 6.54 Å². The fourth-order valence-corrected chi connectivity index (χ4v) is 1.88. The summed E-state index contributed by atoms with van der Waals surface area (Å²) in [7, 11) is 1.22. The molecule has 0 heterocycles. The molecule has 0 bridgehead atoms. The second-order valence-corrected chi connectivity index (χ2v) is 5.81. The summed E-state index contributed by atoms with van der Waals surface area (Å²) in [5, 5.41) is 4.52. The van der Waals surface area contributed by atoms with Crippen LogP contribution in [-0.2, 0) is 9.53 Å². The number of nitrogens with one attached hydrogen (secondary N) is 2. The lowest BCUT2D eigenvalue weighted by atomic mass is 10.1. The van der Waals surface area contributed by atoms with Crippen LogP contribution in [-0.4, -0.2) is 44.8 Å². The molecular formula is C17H22F2N2O6. The largest absolute Gasteiger partial charge is 0.493 e. The number of carbonyl (C=O) groups is 3. The molecular weight excluding hydrogens is 366 g/mol. The lowest BCUT2D eigenvalue weighted by Gasteiger charge is -2.11. The highest BCUT2D eigenvalue weighted by Gasteiger charge is 2.16. The maximum Gasteiger partial charge on any atom is 0.387 e. The summed E-state index contributed by atoms with van der Waals surface area (Å²) in [6, 6.07) is 2.74. The quantitative estimate of drug-likeness (QED) is 0.630. The van der Waals surface area contributed by atoms with Crippen molar-refractivity contribution in [1.29, 1.82) is 0 Å². The van der Waals surface area contributed by atoms with E-state index in [0.717, 1.165) is 18.6 Å². The molecule has 0 fully saturated rings. The summed E-state index contributed by atoms with van der Waals surface area (Å²) in [5.41, 5.74) is -0.0392. The zero-order chi connectivity index (χ0) is 20.4. The first kappa shape index (κ1) is 22.1. The second-order valence-electron chi connectivity index (χ2n) is 5.81. The van der Waals surface area contributed by atoms with E-state index < -0.39 is 31.1 Å². The van der Waals surface area contributed by atoms with Gasteiger partial charge in [0.2, 0.25) is 0 Å². The van der Waals surface area contributed by atoms with E-state index >= 15 is 0 Å². The zero-order valence-corrected chi connectivity index (χ0v) is 15.2. The number of rotatable bonds is 9. The van der Waals surface area contributed by atoms with Crippen LogP contribution in [0.3, 0.4) is 0 Å². The summed E-state index contributed by atoms with van der Waals surface area (Å²) in [6.45, 7) is 0.654. The number of esters is 1. The van der Waals surface area contributed by atoms with Crippen LogP contribution in [0.5, 0.6) is 11.5 Å². The van der Waals surface area contributed by atoms with Crippen molar-refractivity contribution in [3.05, 3.63) is 23.8 Å². The van der Waals surface area contributed by atoms with Crippen molar-refractivity contribution in [3.63, 3.8) is 0 Å². The number of carbonyl (C=O) groups excluding carboxylic acids is 3. The van der Waals surface area contributed by atoms with Crippen molar-refractivity contribution >= 4 is 17.9 Å². The number of amides is 3. The van der Waals surface area contributed by atoms with Crippen LogP contribution in [0.4, 0.5) is 13.6 Å². The number of hydrogen-bond donors (Lipinski definition) is 2. The van der Waals surface area contributed by atoms with Gasteiger partial charge in [-0.15, -0.1) is 0 Å². The molecule has 0 aliphatic carbocycles. The molecule has 2 N–H and O–H groups in total. The minimum atomic E-state index is -3.05. The highest BCUT2D eigenvalue weighted by Crippen LogP contribution is 2.29. The summed E-state index contributed by atoms with van der Waals surface area (Å²) < 4.78 is 38.5. The Morgan fingerprint density at radius 3 is 2.44 bits per heavy atom. The average molecular weight is 388 g/mol. The molecule has 0 aromatic heterocycles. The Hall–Kier alpha value is -2.91. The molecule has 150 valence electrons. The van der Waals surface area contributed by atoms with E-state index in [-0.39, 0.29) is 17.1 Å². The van der Waals surface area contributed by atoms with Gasteiger partial charge in [0.05, 0.1) is 12.7 Å². The van der Waals surface area contributed by atoms with Crippen molar-refractivity contribution in [3.8, 4) is 11.5 Å². The van der Waals surface area contributed by atoms with Gasteiger partial charge in [0.15, 0.2) is 18.1 Å². The van der Waals surface area contributed by atoms with Crippen LogP contribution in [0.25, 0.3) is 0 Å². The molecule has 0 radical (unpaired) electrons. The lowest BCUT2D eigenvalue weighted by molar-refractivity contribution is -0.123. The third-order valence-corrected chi connectivity index (χ3v) is 3.21. The number of imide groups is 1. The van der Waals surface area contributed by atoms with E-state index in [4.69, 9.17) is 9.47 Å². The highest BCUT2D eigenvalue weighted by molar-refractivity contribution is 5.97. The molecule has 0 saturated heterocycles. The normalized spacial score (nSPS) is 10.5. The summed E-state index contributed by atoms with van der Waals surface area (Å²) in [4.78, 5) is 35.0. The van der Waals surface area contributed by atoms with Crippen molar-refractivity contribution in [2.45, 2.75) is 26.9 Å². The fourth-order valence-electron chi connectivity index (χ4n) is 1.88. The number of ether oxygens (including phenoxy) is 3. The van der Waals surface area contributed by atoms with Gasteiger partial charge in [0.25, 0.3) is 5.91 Å². The molecule has 3 amide bonds. The van der Waals surface area contributed by atoms with Gasteiger partial charge in [-0.2, -0.15) is 8.78 Å². The summed E-state index contributed by atoms with van der Waals surface area (Å²) >= 11 is 0. The molecule has 1 rings (SSSR count). The number of methoxy groups -OCH3 is 1. The van der Waals surface area contributed by atoms with Crippen LogP contribution in [0, 0.1) is 5.92 Å². The van der Waals surface area contributed by atoms with E-state index in [1.165, 1.54) is 13.2 Å². The van der Waals surface area contributed by atoms with Gasteiger partial charge in [-0.05, 0) is 30.5 Å². The first-order chi connectivity index (χ1) is 12.7. The van der Waals surface area contributed by atoms with E-state index in [0.29, 0.717) is 12.5 Å². The molecule has 0 atom stereocenters. The zero-order valence-electron chi connectivity index (χ0n) is 15.2. The Bertz CT molecular complexity index is 667. The van der Waals surface area contributed by atoms with Gasteiger partial charge in [0.1, 0.15) is 0 Å². The minimum absolute atomic E-state index is 0.0392. The molecule has 10 heteroatoms. The Morgan fingerprint density at radius 1 is 1.15 bits per heavy atom. The fraction of sp³-hybridized carbons (Fsp3) is 0.471. The van der Waals surface area contributed by atoms with Crippen molar-refractivity contribution in [2.75, 3.05) is 20.3 Å². The summed E-state index contributed by atoms with van der Waals surface area (Å²) in [6.07, 6.45) is 0.754. The topological polar surface area (TPSA) is 103 Å². The van der Waals surface area contributed by atoms with E-state index in [1.54, 1.807) is 0 Å². The number of halogens is 2. The third-order valence-electron chi connectivity index (χ3n) is 3.21. The first-order valence-corrected chi connectivity index (χ1v) is 8.10. The monoisotopic (exact) mass is 388 g/mol. The molecule has 1 aromatic carbocycles. The highest BCUT2D eigenvalue weighted by atomic mass is 19.3. The molecule has 0 aliphatic rings. The Balaban J connectivity index is 2.51. The number of alkyl halides is 2. The summed E-state index contributed by atoms with van der Waals surface area (Å²) in [5.74, 6) is -1.66. The molecule has 8 nitrogen and oxygen atoms in total. The van der Waals surface area contributed by atoms with Gasteiger partial charge in [-0.1, -0.05) is 13.8 Å². The minimum Gasteiger partial charge on any atom is -0.493 e. The molecule has 0 saturated carbocycles. The van der Waals surface area contributed by atoms with Gasteiger partial charge < -0.3 is 19.5 Å². The maximum absolute atomic E-state index is 12.3. The second kappa shape index (κ2) is 10.9. The predicted octanol–water partition coefficient (Wildman–Crippen LogP) is 2.33. The van der Waals surface area contributed by atoms with Crippen LogP contribution >= 0.6 is 0 Å². The number of hydrogen-bond acceptors (Lipinski definition) is 6. The number of benzene rings is 1. The smallest absolute Gasteiger partial charge is 0.387 e. The number of urea groups is 1. The first-order valence-electron chi connectivity index (χ1n) is 8.10. The van der Waals surface area contributed by atoms with Gasteiger partial charge >= 0.3 is 18.6 Å². The molecule has 1 aromatic rings. The van der Waals surface area contributed by atoms with Crippen LogP contribution in [0.1, 0.15) is 30.6 Å². The standard InChI is InChI=1S/C17H22F2N2O6/c1-10(2)6-7-20-17(24)21-14(22)9-26-15(23)11-4-5-12(27-16(18)19)13(8-11)25-3/h4-5,8,10,16H,6-7,9H2,1-3H3,(H2,20,21,22,24). The molecule has 0 unspecified atom stereocenters. The molecule has 27 heavy (non-hydrogen) atoms.